The number of carbonyl (C=O) groups excluding carboxylic acids is 2. The average molecular weight is 455 g/mol. The summed E-state index contributed by atoms with van der Waals surface area (Å²) in [5, 5.41) is 11.0. The second-order valence-corrected chi connectivity index (χ2v) is 10.1. The molecule has 0 unspecified atom stereocenters. The maximum Gasteiger partial charge on any atom is 0.261 e. The van der Waals surface area contributed by atoms with Crippen LogP contribution >= 0.6 is 0 Å². The normalized spacial score (nSPS) is 18.7. The zero-order valence-corrected chi connectivity index (χ0v) is 20.1. The van der Waals surface area contributed by atoms with E-state index in [1.165, 1.54) is 5.56 Å². The van der Waals surface area contributed by atoms with Gasteiger partial charge in [-0.25, -0.2) is 4.68 Å². The first-order valence-corrected chi connectivity index (χ1v) is 11.8. The average Bonchev–Trinajstić information content (AvgIpc) is 3.22. The third-order valence-corrected chi connectivity index (χ3v) is 6.76. The van der Waals surface area contributed by atoms with E-state index in [1.54, 1.807) is 10.9 Å². The lowest BCUT2D eigenvalue weighted by Gasteiger charge is -2.39. The number of hydrogen-bond acceptors (Lipinski definition) is 4. The van der Waals surface area contributed by atoms with E-state index < -0.39 is 0 Å². The van der Waals surface area contributed by atoms with Gasteiger partial charge in [-0.2, -0.15) is 5.10 Å². The fourth-order valence-electron chi connectivity index (χ4n) is 4.96. The predicted octanol–water partition coefficient (Wildman–Crippen LogP) is 5.66. The van der Waals surface area contributed by atoms with Crippen LogP contribution < -0.4 is 10.6 Å². The topological polar surface area (TPSA) is 76.0 Å². The van der Waals surface area contributed by atoms with Crippen molar-refractivity contribution in [3.63, 3.8) is 0 Å². The van der Waals surface area contributed by atoms with Crippen LogP contribution in [0.5, 0.6) is 0 Å². The summed E-state index contributed by atoms with van der Waals surface area (Å²) in [5.41, 5.74) is 6.04. The Kier molecular flexibility index (Phi) is 5.39. The number of amides is 1. The summed E-state index contributed by atoms with van der Waals surface area (Å²) >= 11 is 0. The monoisotopic (exact) mass is 454 g/mol. The first kappa shape index (κ1) is 22.1. The molecule has 2 aliphatic rings. The molecule has 0 fully saturated rings. The van der Waals surface area contributed by atoms with Crippen LogP contribution in [0.4, 0.5) is 11.5 Å². The number of Topliss-reactive ketones (excluding diaryl/α,β-unsaturated/α-hetero) is 1. The van der Waals surface area contributed by atoms with Crippen LogP contribution in [0.3, 0.4) is 0 Å². The highest BCUT2D eigenvalue weighted by Crippen LogP contribution is 2.46. The van der Waals surface area contributed by atoms with Crippen molar-refractivity contribution in [1.29, 1.82) is 0 Å². The van der Waals surface area contributed by atoms with Gasteiger partial charge in [0.1, 0.15) is 17.4 Å². The van der Waals surface area contributed by atoms with Crippen molar-refractivity contribution >= 4 is 23.2 Å². The molecule has 3 aromatic rings. The first-order valence-electron chi connectivity index (χ1n) is 11.8. The molecule has 0 saturated carbocycles. The van der Waals surface area contributed by atoms with Gasteiger partial charge < -0.3 is 10.6 Å². The molecule has 1 atom stereocenters. The van der Waals surface area contributed by atoms with Gasteiger partial charge in [-0.05, 0) is 48.4 Å². The van der Waals surface area contributed by atoms with Crippen LogP contribution in [0.1, 0.15) is 66.7 Å². The maximum absolute atomic E-state index is 13.3. The van der Waals surface area contributed by atoms with Gasteiger partial charge in [-0.15, -0.1) is 0 Å². The van der Waals surface area contributed by atoms with Crippen molar-refractivity contribution in [2.45, 2.75) is 53.0 Å². The molecule has 1 amide bonds. The van der Waals surface area contributed by atoms with Crippen LogP contribution in [-0.2, 0) is 11.2 Å². The lowest BCUT2D eigenvalue weighted by Crippen LogP contribution is -2.37. The van der Waals surface area contributed by atoms with Crippen molar-refractivity contribution in [3.8, 4) is 0 Å². The summed E-state index contributed by atoms with van der Waals surface area (Å²) < 4.78 is 1.79. The Morgan fingerprint density at radius 3 is 2.50 bits per heavy atom. The van der Waals surface area contributed by atoms with Crippen molar-refractivity contribution < 1.29 is 9.59 Å². The predicted molar refractivity (Wildman–Crippen MR) is 134 cm³/mol. The molecule has 0 radical (unpaired) electrons. The van der Waals surface area contributed by atoms with Gasteiger partial charge in [0, 0.05) is 23.4 Å². The Labute approximate surface area is 200 Å². The molecular formula is C28H30N4O2. The number of nitrogens with zero attached hydrogens (tertiary/aromatic N) is 2. The molecule has 34 heavy (non-hydrogen) atoms. The highest BCUT2D eigenvalue weighted by Gasteiger charge is 2.42. The van der Waals surface area contributed by atoms with E-state index in [0.29, 0.717) is 17.8 Å². The fraction of sp³-hybridized carbons (Fsp3) is 0.321. The summed E-state index contributed by atoms with van der Waals surface area (Å²) in [7, 11) is 0. The largest absolute Gasteiger partial charge is 0.343 e. The minimum Gasteiger partial charge on any atom is -0.343 e. The Morgan fingerprint density at radius 2 is 1.82 bits per heavy atom. The molecule has 1 aromatic heterocycles. The van der Waals surface area contributed by atoms with Gasteiger partial charge in [0.05, 0.1) is 6.20 Å². The van der Waals surface area contributed by atoms with Gasteiger partial charge in [0.2, 0.25) is 0 Å². The van der Waals surface area contributed by atoms with E-state index in [0.717, 1.165) is 40.9 Å². The number of rotatable bonds is 4. The van der Waals surface area contributed by atoms with Crippen molar-refractivity contribution in [1.82, 2.24) is 9.78 Å². The van der Waals surface area contributed by atoms with E-state index >= 15 is 0 Å². The minimum atomic E-state index is -0.360. The number of fused-ring (bicyclic) bond motifs is 1. The molecule has 0 spiro atoms. The zero-order valence-electron chi connectivity index (χ0n) is 20.1. The van der Waals surface area contributed by atoms with Gasteiger partial charge in [0.25, 0.3) is 5.91 Å². The number of aryl methyl sites for hydroxylation is 2. The van der Waals surface area contributed by atoms with Crippen LogP contribution in [0.15, 0.2) is 66.0 Å². The SMILES string of the molecule is CCc1ccc(NC(=O)c2cnn3c2NC2=C(C(=O)CC(C)(C)C2)[C@H]3c2ccc(C)cc2)cc1. The zero-order chi connectivity index (χ0) is 24.0. The molecule has 174 valence electrons. The van der Waals surface area contributed by atoms with Crippen LogP contribution in [0.2, 0.25) is 0 Å². The number of anilines is 2. The second kappa shape index (κ2) is 8.28. The Hall–Kier alpha value is -3.67. The van der Waals surface area contributed by atoms with E-state index in [2.05, 4.69) is 36.5 Å². The number of hydrogen-bond donors (Lipinski definition) is 2. The minimum absolute atomic E-state index is 0.132. The molecule has 2 aromatic carbocycles. The lowest BCUT2D eigenvalue weighted by molar-refractivity contribution is -0.118. The molecule has 2 N–H and O–H groups in total. The van der Waals surface area contributed by atoms with Gasteiger partial charge >= 0.3 is 0 Å². The van der Waals surface area contributed by atoms with Crippen LogP contribution in [0, 0.1) is 12.3 Å². The lowest BCUT2D eigenvalue weighted by atomic mass is 9.73. The molecule has 6 nitrogen and oxygen atoms in total. The molecule has 1 aliphatic heterocycles. The highest BCUT2D eigenvalue weighted by atomic mass is 16.1. The summed E-state index contributed by atoms with van der Waals surface area (Å²) in [5.74, 6) is 0.524. The smallest absolute Gasteiger partial charge is 0.261 e. The molecule has 0 saturated heterocycles. The number of aromatic nitrogens is 2. The fourth-order valence-corrected chi connectivity index (χ4v) is 4.96. The third kappa shape index (κ3) is 3.94. The number of carbonyl (C=O) groups is 2. The third-order valence-electron chi connectivity index (χ3n) is 6.76. The highest BCUT2D eigenvalue weighted by molar-refractivity contribution is 6.08. The Morgan fingerprint density at radius 1 is 1.12 bits per heavy atom. The van der Waals surface area contributed by atoms with E-state index in [9.17, 15) is 9.59 Å². The van der Waals surface area contributed by atoms with E-state index in [1.807, 2.05) is 55.5 Å². The van der Waals surface area contributed by atoms with Crippen molar-refractivity contribution in [2.24, 2.45) is 5.41 Å². The molecule has 6 heteroatoms. The molecule has 0 bridgehead atoms. The summed E-state index contributed by atoms with van der Waals surface area (Å²) in [4.78, 5) is 26.6. The van der Waals surface area contributed by atoms with Crippen molar-refractivity contribution in [3.05, 3.63) is 88.3 Å². The number of ketones is 1. The molecule has 2 heterocycles. The van der Waals surface area contributed by atoms with Gasteiger partial charge in [-0.3, -0.25) is 9.59 Å². The van der Waals surface area contributed by atoms with Crippen LogP contribution in [-0.4, -0.2) is 21.5 Å². The molecule has 1 aliphatic carbocycles. The quantitative estimate of drug-likeness (QED) is 0.533. The number of allylic oxidation sites excluding steroid dienone is 2. The second-order valence-electron chi connectivity index (χ2n) is 10.1. The standard InChI is InChI=1S/C28H30N4O2/c1-5-18-8-12-20(13-9-18)30-27(34)21-16-29-32-25(19-10-6-17(2)7-11-19)24-22(31-26(21)32)14-28(3,4)15-23(24)33/h6-13,16,25,31H,5,14-15H2,1-4H3,(H,30,34)/t25-/m1/s1. The molecular weight excluding hydrogens is 424 g/mol. The van der Waals surface area contributed by atoms with Gasteiger partial charge in [0.15, 0.2) is 5.78 Å². The van der Waals surface area contributed by atoms with E-state index in [-0.39, 0.29) is 23.1 Å². The summed E-state index contributed by atoms with van der Waals surface area (Å²) in [6.45, 7) is 8.36. The number of nitrogens with one attached hydrogen (secondary N) is 2. The van der Waals surface area contributed by atoms with Crippen molar-refractivity contribution in [2.75, 3.05) is 10.6 Å². The Bertz CT molecular complexity index is 1300. The van der Waals surface area contributed by atoms with Crippen LogP contribution in [0.25, 0.3) is 0 Å². The molecule has 5 rings (SSSR count). The summed E-state index contributed by atoms with van der Waals surface area (Å²) in [6, 6.07) is 15.7. The summed E-state index contributed by atoms with van der Waals surface area (Å²) in [6.07, 6.45) is 3.77. The Balaban J connectivity index is 1.56. The maximum atomic E-state index is 13.3. The van der Waals surface area contributed by atoms with E-state index in [4.69, 9.17) is 0 Å². The first-order chi connectivity index (χ1) is 16.3. The number of benzene rings is 2. The van der Waals surface area contributed by atoms with Gasteiger partial charge in [-0.1, -0.05) is 62.7 Å².